The van der Waals surface area contributed by atoms with Gasteiger partial charge in [0.2, 0.25) is 0 Å². The van der Waals surface area contributed by atoms with Gasteiger partial charge in [-0.1, -0.05) is 92.2 Å². The highest BCUT2D eigenvalue weighted by atomic mass is 16.3. The molecule has 26 heavy (non-hydrogen) atoms. The van der Waals surface area contributed by atoms with Crippen molar-refractivity contribution in [2.75, 3.05) is 5.32 Å². The molecule has 134 valence electrons. The third-order valence-electron chi connectivity index (χ3n) is 5.06. The van der Waals surface area contributed by atoms with Crippen molar-refractivity contribution in [3.05, 3.63) is 102 Å². The fourth-order valence-corrected chi connectivity index (χ4v) is 3.38. The molecule has 0 radical (unpaired) electrons. The highest BCUT2D eigenvalue weighted by molar-refractivity contribution is 5.47. The maximum absolute atomic E-state index is 11.2. The molecular formula is C24H27NO. The van der Waals surface area contributed by atoms with Gasteiger partial charge < -0.3 is 10.4 Å². The van der Waals surface area contributed by atoms with Crippen molar-refractivity contribution < 1.29 is 5.11 Å². The predicted octanol–water partition coefficient (Wildman–Crippen LogP) is 5.91. The van der Waals surface area contributed by atoms with E-state index < -0.39 is 11.5 Å². The van der Waals surface area contributed by atoms with Crippen LogP contribution in [0.15, 0.2) is 84.9 Å². The van der Waals surface area contributed by atoms with Crippen LogP contribution in [0, 0.1) is 12.3 Å². The van der Waals surface area contributed by atoms with Gasteiger partial charge in [0.05, 0.1) is 12.1 Å². The van der Waals surface area contributed by atoms with E-state index in [0.29, 0.717) is 0 Å². The second-order valence-electron chi connectivity index (χ2n) is 7.49. The van der Waals surface area contributed by atoms with Crippen molar-refractivity contribution in [3.63, 3.8) is 0 Å². The van der Waals surface area contributed by atoms with E-state index in [1.807, 2.05) is 48.5 Å². The number of benzene rings is 3. The molecule has 3 rings (SSSR count). The van der Waals surface area contributed by atoms with E-state index in [-0.39, 0.29) is 6.04 Å². The molecule has 3 aromatic carbocycles. The Labute approximate surface area is 156 Å². The van der Waals surface area contributed by atoms with E-state index in [4.69, 9.17) is 0 Å². The maximum atomic E-state index is 11.2. The van der Waals surface area contributed by atoms with Gasteiger partial charge in [0.1, 0.15) is 0 Å². The third kappa shape index (κ3) is 3.97. The number of nitrogens with one attached hydrogen (secondary N) is 1. The van der Waals surface area contributed by atoms with Crippen molar-refractivity contribution >= 4 is 5.69 Å². The van der Waals surface area contributed by atoms with Crippen LogP contribution in [0.1, 0.15) is 42.7 Å². The Bertz CT molecular complexity index is 810. The first-order valence-corrected chi connectivity index (χ1v) is 9.09. The summed E-state index contributed by atoms with van der Waals surface area (Å²) in [5.74, 6) is 0. The molecule has 0 aromatic heterocycles. The zero-order valence-electron chi connectivity index (χ0n) is 15.7. The smallest absolute Gasteiger partial charge is 0.0863 e. The molecule has 0 bridgehead atoms. The summed E-state index contributed by atoms with van der Waals surface area (Å²) >= 11 is 0. The number of rotatable bonds is 6. The molecule has 0 spiro atoms. The standard InChI is InChI=1S/C24H27NO/c1-18-14-16-21(17-15-18)25-22(19-10-6-4-7-11-19)24(2,3)23(26)20-12-8-5-9-13-20/h4-17,22-23,25-26H,1-3H3. The summed E-state index contributed by atoms with van der Waals surface area (Å²) in [5, 5.41) is 14.8. The molecular weight excluding hydrogens is 318 g/mol. The van der Waals surface area contributed by atoms with Crippen LogP contribution < -0.4 is 5.32 Å². The minimum atomic E-state index is -0.591. The average Bonchev–Trinajstić information content (AvgIpc) is 2.68. The Balaban J connectivity index is 1.97. The Morgan fingerprint density at radius 3 is 1.77 bits per heavy atom. The number of aryl methyl sites for hydroxylation is 1. The van der Waals surface area contributed by atoms with E-state index in [2.05, 4.69) is 62.5 Å². The van der Waals surface area contributed by atoms with Gasteiger partial charge >= 0.3 is 0 Å². The van der Waals surface area contributed by atoms with Crippen molar-refractivity contribution in [1.82, 2.24) is 0 Å². The lowest BCUT2D eigenvalue weighted by Gasteiger charge is -2.40. The molecule has 0 amide bonds. The second kappa shape index (κ2) is 7.76. The summed E-state index contributed by atoms with van der Waals surface area (Å²) in [6.45, 7) is 6.31. The first kappa shape index (κ1) is 18.2. The van der Waals surface area contributed by atoms with E-state index >= 15 is 0 Å². The van der Waals surface area contributed by atoms with Crippen LogP contribution in [0.25, 0.3) is 0 Å². The van der Waals surface area contributed by atoms with E-state index in [1.54, 1.807) is 0 Å². The summed E-state index contributed by atoms with van der Waals surface area (Å²) in [6.07, 6.45) is -0.591. The number of aliphatic hydroxyl groups is 1. The lowest BCUT2D eigenvalue weighted by Crippen LogP contribution is -2.34. The van der Waals surface area contributed by atoms with Crippen molar-refractivity contribution in [3.8, 4) is 0 Å². The van der Waals surface area contributed by atoms with Gasteiger partial charge in [-0.05, 0) is 30.2 Å². The van der Waals surface area contributed by atoms with Gasteiger partial charge in [-0.25, -0.2) is 0 Å². The molecule has 2 atom stereocenters. The quantitative estimate of drug-likeness (QED) is 0.582. The Morgan fingerprint density at radius 2 is 1.23 bits per heavy atom. The molecule has 0 heterocycles. The summed E-state index contributed by atoms with van der Waals surface area (Å²) in [6, 6.07) is 28.6. The fraction of sp³-hybridized carbons (Fsp3) is 0.250. The first-order chi connectivity index (χ1) is 12.5. The van der Waals surface area contributed by atoms with Gasteiger partial charge in [0.25, 0.3) is 0 Å². The SMILES string of the molecule is Cc1ccc(NC(c2ccccc2)C(C)(C)C(O)c2ccccc2)cc1. The Morgan fingerprint density at radius 1 is 0.731 bits per heavy atom. The van der Waals surface area contributed by atoms with Crippen LogP contribution >= 0.6 is 0 Å². The van der Waals surface area contributed by atoms with Gasteiger partial charge in [0, 0.05) is 11.1 Å². The number of aliphatic hydroxyl groups excluding tert-OH is 1. The maximum Gasteiger partial charge on any atom is 0.0863 e. The molecule has 2 N–H and O–H groups in total. The fourth-order valence-electron chi connectivity index (χ4n) is 3.38. The molecule has 3 aromatic rings. The zero-order chi connectivity index (χ0) is 18.6. The van der Waals surface area contributed by atoms with Crippen LogP contribution in [0.5, 0.6) is 0 Å². The Hall–Kier alpha value is -2.58. The minimum absolute atomic E-state index is 0.0402. The topological polar surface area (TPSA) is 32.3 Å². The number of anilines is 1. The highest BCUT2D eigenvalue weighted by Gasteiger charge is 2.38. The van der Waals surface area contributed by atoms with Crippen molar-refractivity contribution in [1.29, 1.82) is 0 Å². The lowest BCUT2D eigenvalue weighted by molar-refractivity contribution is 0.0346. The van der Waals surface area contributed by atoms with Gasteiger partial charge in [-0.3, -0.25) is 0 Å². The summed E-state index contributed by atoms with van der Waals surface area (Å²) in [7, 11) is 0. The normalized spacial score (nSPS) is 13.8. The zero-order valence-corrected chi connectivity index (χ0v) is 15.7. The van der Waals surface area contributed by atoms with E-state index in [0.717, 1.165) is 16.8 Å². The van der Waals surface area contributed by atoms with Crippen molar-refractivity contribution in [2.45, 2.75) is 32.9 Å². The molecule has 0 saturated carbocycles. The van der Waals surface area contributed by atoms with E-state index in [9.17, 15) is 5.11 Å². The molecule has 2 unspecified atom stereocenters. The molecule has 0 aliphatic rings. The van der Waals surface area contributed by atoms with Crippen LogP contribution in [0.3, 0.4) is 0 Å². The molecule has 0 saturated heterocycles. The Kier molecular flexibility index (Phi) is 5.43. The van der Waals surface area contributed by atoms with Crippen LogP contribution in [0.4, 0.5) is 5.69 Å². The van der Waals surface area contributed by atoms with Crippen LogP contribution in [-0.2, 0) is 0 Å². The van der Waals surface area contributed by atoms with Gasteiger partial charge in [0.15, 0.2) is 0 Å². The lowest BCUT2D eigenvalue weighted by atomic mass is 9.73. The average molecular weight is 345 g/mol. The summed E-state index contributed by atoms with van der Waals surface area (Å²) < 4.78 is 0. The van der Waals surface area contributed by atoms with Gasteiger partial charge in [-0.15, -0.1) is 0 Å². The first-order valence-electron chi connectivity index (χ1n) is 9.09. The minimum Gasteiger partial charge on any atom is -0.388 e. The second-order valence-corrected chi connectivity index (χ2v) is 7.49. The summed E-state index contributed by atoms with van der Waals surface area (Å²) in [4.78, 5) is 0. The molecule has 2 nitrogen and oxygen atoms in total. The highest BCUT2D eigenvalue weighted by Crippen LogP contribution is 2.45. The molecule has 2 heteroatoms. The number of hydrogen-bond donors (Lipinski definition) is 2. The monoisotopic (exact) mass is 345 g/mol. The van der Waals surface area contributed by atoms with Crippen molar-refractivity contribution in [2.24, 2.45) is 5.41 Å². The number of hydrogen-bond acceptors (Lipinski definition) is 2. The predicted molar refractivity (Wildman–Crippen MR) is 109 cm³/mol. The third-order valence-corrected chi connectivity index (χ3v) is 5.06. The van der Waals surface area contributed by atoms with Crippen LogP contribution in [0.2, 0.25) is 0 Å². The molecule has 0 aliphatic heterocycles. The molecule has 0 aliphatic carbocycles. The van der Waals surface area contributed by atoms with E-state index in [1.165, 1.54) is 5.56 Å². The van der Waals surface area contributed by atoms with Crippen LogP contribution in [-0.4, -0.2) is 5.11 Å². The summed E-state index contributed by atoms with van der Waals surface area (Å²) in [5.41, 5.74) is 3.96. The van der Waals surface area contributed by atoms with Gasteiger partial charge in [-0.2, -0.15) is 0 Å². The molecule has 0 fully saturated rings. The largest absolute Gasteiger partial charge is 0.388 e.